The molecule has 0 spiro atoms. The van der Waals surface area contributed by atoms with Gasteiger partial charge in [-0.2, -0.15) is 10.1 Å². The third kappa shape index (κ3) is 3.35. The van der Waals surface area contributed by atoms with Crippen molar-refractivity contribution in [3.8, 4) is 11.3 Å². The van der Waals surface area contributed by atoms with Crippen molar-refractivity contribution in [2.75, 3.05) is 36.5 Å². The maximum Gasteiger partial charge on any atom is 0.228 e. The summed E-state index contributed by atoms with van der Waals surface area (Å²) in [5.41, 5.74) is 3.36. The SMILES string of the molecule is CC(C)n1ncc2c(-c3ccc(NC=O)cc3)nc(N3CCOCC3)nc21. The Bertz CT molecular complexity index is 945. The van der Waals surface area contributed by atoms with E-state index in [1.165, 1.54) is 0 Å². The number of morpholine rings is 1. The summed E-state index contributed by atoms with van der Waals surface area (Å²) in [5.74, 6) is 0.693. The molecule has 0 atom stereocenters. The fraction of sp³-hybridized carbons (Fsp3) is 0.368. The Kier molecular flexibility index (Phi) is 4.72. The van der Waals surface area contributed by atoms with Crippen molar-refractivity contribution >= 4 is 29.1 Å². The smallest absolute Gasteiger partial charge is 0.228 e. The summed E-state index contributed by atoms with van der Waals surface area (Å²) in [6.07, 6.45) is 2.49. The first-order chi connectivity index (χ1) is 13.2. The van der Waals surface area contributed by atoms with Gasteiger partial charge in [0.25, 0.3) is 0 Å². The largest absolute Gasteiger partial charge is 0.378 e. The number of hydrogen-bond donors (Lipinski definition) is 1. The minimum Gasteiger partial charge on any atom is -0.378 e. The summed E-state index contributed by atoms with van der Waals surface area (Å²) in [6.45, 7) is 7.05. The molecule has 0 aliphatic carbocycles. The minimum atomic E-state index is 0.196. The summed E-state index contributed by atoms with van der Waals surface area (Å²) in [5, 5.41) is 8.09. The molecule has 0 bridgehead atoms. The van der Waals surface area contributed by atoms with Crippen molar-refractivity contribution in [2.24, 2.45) is 0 Å². The molecule has 1 N–H and O–H groups in total. The zero-order valence-corrected chi connectivity index (χ0v) is 15.4. The standard InChI is InChI=1S/C19H22N6O2/c1-13(2)25-18-16(11-21-25)17(14-3-5-15(6-4-14)20-12-26)22-19(23-18)24-7-9-27-10-8-24/h3-6,11-13H,7-10H2,1-2H3,(H,20,26). The van der Waals surface area contributed by atoms with Crippen molar-refractivity contribution < 1.29 is 9.53 Å². The molecule has 8 nitrogen and oxygen atoms in total. The van der Waals surface area contributed by atoms with Crippen molar-refractivity contribution in [1.82, 2.24) is 19.7 Å². The van der Waals surface area contributed by atoms with Gasteiger partial charge in [0.2, 0.25) is 12.4 Å². The number of ether oxygens (including phenoxy) is 1. The van der Waals surface area contributed by atoms with Gasteiger partial charge in [0.1, 0.15) is 0 Å². The molecule has 2 aromatic heterocycles. The number of carbonyl (C=O) groups excluding carboxylic acids is 1. The van der Waals surface area contributed by atoms with Gasteiger partial charge in [0.05, 0.1) is 30.5 Å². The molecule has 3 aromatic rings. The van der Waals surface area contributed by atoms with Crippen LogP contribution in [0.4, 0.5) is 11.6 Å². The second-order valence-electron chi connectivity index (χ2n) is 6.73. The summed E-state index contributed by atoms with van der Waals surface area (Å²) in [7, 11) is 0. The van der Waals surface area contributed by atoms with Gasteiger partial charge < -0.3 is 15.0 Å². The molecule has 1 aliphatic rings. The van der Waals surface area contributed by atoms with Crippen molar-refractivity contribution in [2.45, 2.75) is 19.9 Å². The number of nitrogens with one attached hydrogen (secondary N) is 1. The average Bonchev–Trinajstić information content (AvgIpc) is 3.13. The number of anilines is 2. The van der Waals surface area contributed by atoms with Gasteiger partial charge in [-0.25, -0.2) is 9.67 Å². The van der Waals surface area contributed by atoms with Crippen LogP contribution in [0.1, 0.15) is 19.9 Å². The molecular weight excluding hydrogens is 344 g/mol. The summed E-state index contributed by atoms with van der Waals surface area (Å²) >= 11 is 0. The van der Waals surface area contributed by atoms with Crippen LogP contribution >= 0.6 is 0 Å². The first-order valence-electron chi connectivity index (χ1n) is 9.06. The lowest BCUT2D eigenvalue weighted by molar-refractivity contribution is -0.105. The lowest BCUT2D eigenvalue weighted by atomic mass is 10.1. The Labute approximate surface area is 157 Å². The summed E-state index contributed by atoms with van der Waals surface area (Å²) < 4.78 is 7.38. The van der Waals surface area contributed by atoms with E-state index in [0.717, 1.165) is 41.1 Å². The van der Waals surface area contributed by atoms with E-state index in [2.05, 4.69) is 29.2 Å². The predicted molar refractivity (Wildman–Crippen MR) is 104 cm³/mol. The third-order valence-corrected chi connectivity index (χ3v) is 4.61. The number of hydrogen-bond acceptors (Lipinski definition) is 6. The van der Waals surface area contributed by atoms with Gasteiger partial charge in [-0.3, -0.25) is 4.79 Å². The lowest BCUT2D eigenvalue weighted by Gasteiger charge is -2.27. The third-order valence-electron chi connectivity index (χ3n) is 4.61. The number of fused-ring (bicyclic) bond motifs is 1. The van der Waals surface area contributed by atoms with Crippen LogP contribution in [0.5, 0.6) is 0 Å². The quantitative estimate of drug-likeness (QED) is 0.698. The zero-order chi connectivity index (χ0) is 18.8. The molecule has 0 radical (unpaired) electrons. The molecule has 140 valence electrons. The van der Waals surface area contributed by atoms with E-state index in [9.17, 15) is 4.79 Å². The topological polar surface area (TPSA) is 85.2 Å². The van der Waals surface area contributed by atoms with E-state index in [0.29, 0.717) is 25.6 Å². The molecule has 0 saturated carbocycles. The van der Waals surface area contributed by atoms with Crippen molar-refractivity contribution in [3.05, 3.63) is 30.5 Å². The molecule has 1 aromatic carbocycles. The van der Waals surface area contributed by atoms with Crippen LogP contribution in [0, 0.1) is 0 Å². The van der Waals surface area contributed by atoms with Crippen LogP contribution in [0.3, 0.4) is 0 Å². The van der Waals surface area contributed by atoms with Gasteiger partial charge in [-0.15, -0.1) is 0 Å². The van der Waals surface area contributed by atoms with Gasteiger partial charge in [0.15, 0.2) is 5.65 Å². The Morgan fingerprint density at radius 1 is 1.15 bits per heavy atom. The van der Waals surface area contributed by atoms with E-state index < -0.39 is 0 Å². The Morgan fingerprint density at radius 2 is 1.89 bits per heavy atom. The van der Waals surface area contributed by atoms with Crippen molar-refractivity contribution in [1.29, 1.82) is 0 Å². The maximum atomic E-state index is 10.6. The Morgan fingerprint density at radius 3 is 2.56 bits per heavy atom. The van der Waals surface area contributed by atoms with E-state index >= 15 is 0 Å². The molecule has 27 heavy (non-hydrogen) atoms. The monoisotopic (exact) mass is 366 g/mol. The van der Waals surface area contributed by atoms with Crippen LogP contribution in [-0.4, -0.2) is 52.5 Å². The number of carbonyl (C=O) groups is 1. The number of aromatic nitrogens is 4. The number of amides is 1. The number of nitrogens with zero attached hydrogens (tertiary/aromatic N) is 5. The highest BCUT2D eigenvalue weighted by atomic mass is 16.5. The molecule has 8 heteroatoms. The summed E-state index contributed by atoms with van der Waals surface area (Å²) in [6, 6.07) is 7.81. The molecule has 0 unspecified atom stereocenters. The fourth-order valence-corrected chi connectivity index (χ4v) is 3.21. The van der Waals surface area contributed by atoms with Crippen LogP contribution in [-0.2, 0) is 9.53 Å². The van der Waals surface area contributed by atoms with E-state index in [4.69, 9.17) is 14.7 Å². The maximum absolute atomic E-state index is 10.6. The highest BCUT2D eigenvalue weighted by Crippen LogP contribution is 2.30. The van der Waals surface area contributed by atoms with Crippen molar-refractivity contribution in [3.63, 3.8) is 0 Å². The van der Waals surface area contributed by atoms with Gasteiger partial charge in [-0.05, 0) is 26.0 Å². The highest BCUT2D eigenvalue weighted by molar-refractivity contribution is 5.91. The van der Waals surface area contributed by atoms with E-state index in [1.54, 1.807) is 0 Å². The minimum absolute atomic E-state index is 0.196. The molecule has 1 amide bonds. The van der Waals surface area contributed by atoms with Gasteiger partial charge in [0, 0.05) is 30.4 Å². The predicted octanol–water partition coefficient (Wildman–Crippen LogP) is 2.48. The van der Waals surface area contributed by atoms with E-state index in [1.807, 2.05) is 35.1 Å². The summed E-state index contributed by atoms with van der Waals surface area (Å²) in [4.78, 5) is 22.5. The molecule has 4 rings (SSSR count). The first kappa shape index (κ1) is 17.4. The van der Waals surface area contributed by atoms with Crippen LogP contribution in [0.25, 0.3) is 22.3 Å². The molecule has 1 saturated heterocycles. The normalized spacial score (nSPS) is 14.7. The molecular formula is C19H22N6O2. The first-order valence-corrected chi connectivity index (χ1v) is 9.06. The molecule has 3 heterocycles. The second-order valence-corrected chi connectivity index (χ2v) is 6.73. The van der Waals surface area contributed by atoms with E-state index in [-0.39, 0.29) is 6.04 Å². The lowest BCUT2D eigenvalue weighted by Crippen LogP contribution is -2.37. The zero-order valence-electron chi connectivity index (χ0n) is 15.4. The Balaban J connectivity index is 1.85. The highest BCUT2D eigenvalue weighted by Gasteiger charge is 2.20. The van der Waals surface area contributed by atoms with Crippen LogP contribution in [0.2, 0.25) is 0 Å². The van der Waals surface area contributed by atoms with Crippen LogP contribution < -0.4 is 10.2 Å². The number of benzene rings is 1. The fourth-order valence-electron chi connectivity index (χ4n) is 3.21. The molecule has 1 fully saturated rings. The van der Waals surface area contributed by atoms with Crippen LogP contribution in [0.15, 0.2) is 30.5 Å². The average molecular weight is 366 g/mol. The molecule has 1 aliphatic heterocycles. The van der Waals surface area contributed by atoms with Gasteiger partial charge >= 0.3 is 0 Å². The number of rotatable bonds is 5. The Hall–Kier alpha value is -3.00. The second kappa shape index (κ2) is 7.32. The van der Waals surface area contributed by atoms with Gasteiger partial charge in [-0.1, -0.05) is 12.1 Å².